The minimum absolute atomic E-state index is 0. The number of hydrogen-bond acceptors (Lipinski definition) is 4. The van der Waals surface area contributed by atoms with Crippen molar-refractivity contribution in [1.82, 2.24) is 0 Å². The van der Waals surface area contributed by atoms with E-state index in [0.717, 1.165) is 32.0 Å². The SMILES string of the molecule is S=C(c1ccccc1)C(S)c1ccccc1.S=C(c1ccccc1)C(S)c1ccccc1.[Ni]. The van der Waals surface area contributed by atoms with Gasteiger partial charge < -0.3 is 0 Å². The first-order chi connectivity index (χ1) is 15.6. The van der Waals surface area contributed by atoms with Crippen molar-refractivity contribution in [3.8, 4) is 0 Å². The third-order valence-corrected chi connectivity index (χ3v) is 7.25. The first-order valence-electron chi connectivity index (χ1n) is 10.2. The molecule has 0 aliphatic carbocycles. The molecule has 0 aliphatic rings. The summed E-state index contributed by atoms with van der Waals surface area (Å²) in [6.45, 7) is 0. The predicted octanol–water partition coefficient (Wildman–Crippen LogP) is 8.15. The number of thiol groups is 2. The summed E-state index contributed by atoms with van der Waals surface area (Å²) < 4.78 is 0. The topological polar surface area (TPSA) is 0 Å². The fourth-order valence-electron chi connectivity index (χ4n) is 3.09. The second kappa shape index (κ2) is 14.5. The average Bonchev–Trinajstić information content (AvgIpc) is 2.89. The second-order valence-corrected chi connectivity index (χ2v) is 9.00. The van der Waals surface area contributed by atoms with Gasteiger partial charge in [-0.05, 0) is 22.3 Å². The van der Waals surface area contributed by atoms with Crippen molar-refractivity contribution in [2.24, 2.45) is 0 Å². The summed E-state index contributed by atoms with van der Waals surface area (Å²) in [6, 6.07) is 40.2. The summed E-state index contributed by atoms with van der Waals surface area (Å²) in [7, 11) is 0. The van der Waals surface area contributed by atoms with Crippen molar-refractivity contribution >= 4 is 59.4 Å². The molecule has 0 spiro atoms. The van der Waals surface area contributed by atoms with Crippen molar-refractivity contribution < 1.29 is 16.5 Å². The Hall–Kier alpha value is -1.75. The summed E-state index contributed by atoms with van der Waals surface area (Å²) in [5.74, 6) is 0. The molecule has 0 saturated heterocycles. The van der Waals surface area contributed by atoms with Gasteiger partial charge in [-0.15, -0.1) is 0 Å². The molecule has 4 aromatic carbocycles. The normalized spacial score (nSPS) is 11.7. The van der Waals surface area contributed by atoms with Crippen LogP contribution in [0.25, 0.3) is 0 Å². The van der Waals surface area contributed by atoms with E-state index in [1.54, 1.807) is 0 Å². The zero-order chi connectivity index (χ0) is 22.8. The van der Waals surface area contributed by atoms with Crippen LogP contribution in [0.3, 0.4) is 0 Å². The Labute approximate surface area is 228 Å². The maximum Gasteiger partial charge on any atom is 0.0624 e. The maximum atomic E-state index is 5.45. The van der Waals surface area contributed by atoms with Crippen molar-refractivity contribution in [3.63, 3.8) is 0 Å². The van der Waals surface area contributed by atoms with Gasteiger partial charge in [-0.25, -0.2) is 0 Å². The van der Waals surface area contributed by atoms with E-state index >= 15 is 0 Å². The van der Waals surface area contributed by atoms with Crippen LogP contribution in [0.1, 0.15) is 32.8 Å². The van der Waals surface area contributed by atoms with Crippen molar-refractivity contribution in [2.75, 3.05) is 0 Å². The Bertz CT molecular complexity index is 1020. The Morgan fingerprint density at radius 2 is 0.697 bits per heavy atom. The van der Waals surface area contributed by atoms with Gasteiger partial charge in [0.2, 0.25) is 0 Å². The molecule has 0 heterocycles. The van der Waals surface area contributed by atoms with Gasteiger partial charge in [0.1, 0.15) is 0 Å². The fourth-order valence-corrected chi connectivity index (χ4v) is 4.28. The molecule has 170 valence electrons. The molecule has 0 radical (unpaired) electrons. The Morgan fingerprint density at radius 3 is 0.970 bits per heavy atom. The molecule has 4 aromatic rings. The van der Waals surface area contributed by atoms with Gasteiger partial charge in [-0.1, -0.05) is 146 Å². The molecule has 0 bridgehead atoms. The van der Waals surface area contributed by atoms with E-state index < -0.39 is 0 Å². The van der Waals surface area contributed by atoms with Gasteiger partial charge in [0.05, 0.1) is 10.5 Å². The molecule has 0 amide bonds. The third-order valence-electron chi connectivity index (χ3n) is 4.84. The van der Waals surface area contributed by atoms with E-state index in [-0.39, 0.29) is 27.0 Å². The first kappa shape index (κ1) is 27.5. The Morgan fingerprint density at radius 1 is 0.455 bits per heavy atom. The first-order valence-corrected chi connectivity index (χ1v) is 12.1. The summed E-state index contributed by atoms with van der Waals surface area (Å²) in [5, 5.41) is -0.0304. The monoisotopic (exact) mass is 546 g/mol. The van der Waals surface area contributed by atoms with Crippen LogP contribution in [-0.2, 0) is 16.5 Å². The fraction of sp³-hybridized carbons (Fsp3) is 0.0714. The van der Waals surface area contributed by atoms with Gasteiger partial charge in [0, 0.05) is 26.2 Å². The van der Waals surface area contributed by atoms with E-state index in [0.29, 0.717) is 0 Å². The molecule has 0 nitrogen and oxygen atoms in total. The van der Waals surface area contributed by atoms with E-state index in [1.807, 2.05) is 121 Å². The van der Waals surface area contributed by atoms with Crippen LogP contribution in [0.4, 0.5) is 0 Å². The van der Waals surface area contributed by atoms with E-state index in [4.69, 9.17) is 24.4 Å². The maximum absolute atomic E-state index is 5.45. The molecule has 5 heteroatoms. The van der Waals surface area contributed by atoms with Gasteiger partial charge in [-0.3, -0.25) is 0 Å². The molecule has 2 atom stereocenters. The predicted molar refractivity (Wildman–Crippen MR) is 153 cm³/mol. The van der Waals surface area contributed by atoms with Crippen LogP contribution >= 0.6 is 49.7 Å². The van der Waals surface area contributed by atoms with E-state index in [2.05, 4.69) is 25.3 Å². The zero-order valence-corrected chi connectivity index (χ0v) is 22.1. The van der Waals surface area contributed by atoms with Gasteiger partial charge in [0.15, 0.2) is 0 Å². The largest absolute Gasteiger partial charge is 0.165 e. The summed E-state index contributed by atoms with van der Waals surface area (Å²) in [4.78, 5) is 1.74. The molecular formula is C28H24NiS4. The summed E-state index contributed by atoms with van der Waals surface area (Å²) in [5.41, 5.74) is 4.42. The van der Waals surface area contributed by atoms with Crippen molar-refractivity contribution in [3.05, 3.63) is 144 Å². The molecule has 0 N–H and O–H groups in total. The number of hydrogen-bond donors (Lipinski definition) is 2. The van der Waals surface area contributed by atoms with Gasteiger partial charge >= 0.3 is 0 Å². The van der Waals surface area contributed by atoms with Crippen LogP contribution in [0, 0.1) is 0 Å². The minimum atomic E-state index is -0.0152. The smallest absolute Gasteiger partial charge is 0.0624 e. The summed E-state index contributed by atoms with van der Waals surface area (Å²) in [6.07, 6.45) is 0. The molecule has 4 rings (SSSR count). The van der Waals surface area contributed by atoms with Crippen molar-refractivity contribution in [2.45, 2.75) is 10.5 Å². The molecular weight excluding hydrogens is 523 g/mol. The average molecular weight is 547 g/mol. The molecule has 0 saturated carbocycles. The van der Waals surface area contributed by atoms with Gasteiger partial charge in [0.25, 0.3) is 0 Å². The molecule has 2 unspecified atom stereocenters. The van der Waals surface area contributed by atoms with E-state index in [1.165, 1.54) is 0 Å². The number of rotatable bonds is 6. The van der Waals surface area contributed by atoms with Crippen molar-refractivity contribution in [1.29, 1.82) is 0 Å². The number of thiocarbonyl (C=S) groups is 2. The quantitative estimate of drug-likeness (QED) is 0.108. The van der Waals surface area contributed by atoms with Crippen LogP contribution in [-0.4, -0.2) is 9.73 Å². The molecule has 33 heavy (non-hydrogen) atoms. The standard InChI is InChI=1S/2C14H12S2.Ni/c2*15-13(11-7-3-1-4-8-11)14(16)12-9-5-2-6-10-12;/h2*1-10,13,15H;. The molecule has 0 aliphatic heterocycles. The molecule has 0 aromatic heterocycles. The Balaban J connectivity index is 0.000000227. The van der Waals surface area contributed by atoms with Gasteiger partial charge in [-0.2, -0.15) is 25.3 Å². The second-order valence-electron chi connectivity index (χ2n) is 7.09. The van der Waals surface area contributed by atoms with Crippen LogP contribution in [0.5, 0.6) is 0 Å². The van der Waals surface area contributed by atoms with Crippen LogP contribution < -0.4 is 0 Å². The van der Waals surface area contributed by atoms with Crippen LogP contribution in [0.15, 0.2) is 121 Å². The zero-order valence-electron chi connectivity index (χ0n) is 17.7. The number of benzene rings is 4. The van der Waals surface area contributed by atoms with Crippen LogP contribution in [0.2, 0.25) is 0 Å². The Kier molecular flexibility index (Phi) is 12.1. The minimum Gasteiger partial charge on any atom is -0.165 e. The van der Waals surface area contributed by atoms with E-state index in [9.17, 15) is 0 Å². The summed E-state index contributed by atoms with van der Waals surface area (Å²) >= 11 is 20.1. The molecule has 0 fully saturated rings. The third kappa shape index (κ3) is 8.20.